The van der Waals surface area contributed by atoms with Crippen LogP contribution in [0, 0.1) is 0 Å². The van der Waals surface area contributed by atoms with Crippen LogP contribution >= 0.6 is 0 Å². The summed E-state index contributed by atoms with van der Waals surface area (Å²) in [6.07, 6.45) is 1.95. The van der Waals surface area contributed by atoms with Crippen LogP contribution in [0.2, 0.25) is 0 Å². The first-order valence-electron chi connectivity index (χ1n) is 4.50. The number of carbonyl (C=O) groups is 2. The average molecular weight is 220 g/mol. The number of carbonyl (C=O) groups excluding carboxylic acids is 1. The fourth-order valence-corrected chi connectivity index (χ4v) is 1.51. The molecule has 82 valence electrons. The first kappa shape index (κ1) is 10.2. The van der Waals surface area contributed by atoms with Gasteiger partial charge in [-0.15, -0.1) is 0 Å². The SMILES string of the molecule is O=CCc1nc(C(=O)O)c2ccc(O)cn12. The van der Waals surface area contributed by atoms with Crippen LogP contribution in [0.1, 0.15) is 16.3 Å². The Balaban J connectivity index is 2.75. The Morgan fingerprint density at radius 3 is 2.88 bits per heavy atom. The molecule has 16 heavy (non-hydrogen) atoms. The van der Waals surface area contributed by atoms with Gasteiger partial charge in [-0.3, -0.25) is 4.40 Å². The number of rotatable bonds is 3. The molecule has 0 aliphatic carbocycles. The number of imidazole rings is 1. The second-order valence-electron chi connectivity index (χ2n) is 3.20. The van der Waals surface area contributed by atoms with Gasteiger partial charge in [-0.2, -0.15) is 0 Å². The zero-order valence-corrected chi connectivity index (χ0v) is 8.12. The van der Waals surface area contributed by atoms with Crippen LogP contribution in [0.25, 0.3) is 5.52 Å². The Kier molecular flexibility index (Phi) is 2.32. The van der Waals surface area contributed by atoms with E-state index >= 15 is 0 Å². The van der Waals surface area contributed by atoms with Crippen molar-refractivity contribution in [2.24, 2.45) is 0 Å². The van der Waals surface area contributed by atoms with Crippen molar-refractivity contribution < 1.29 is 19.8 Å². The van der Waals surface area contributed by atoms with Crippen molar-refractivity contribution in [2.75, 3.05) is 0 Å². The van der Waals surface area contributed by atoms with E-state index in [9.17, 15) is 14.7 Å². The van der Waals surface area contributed by atoms with Crippen LogP contribution in [0.15, 0.2) is 18.3 Å². The minimum absolute atomic E-state index is 0.00208. The minimum atomic E-state index is -1.17. The van der Waals surface area contributed by atoms with Crippen molar-refractivity contribution in [3.8, 4) is 5.75 Å². The number of carboxylic acid groups (broad SMARTS) is 1. The zero-order chi connectivity index (χ0) is 11.7. The van der Waals surface area contributed by atoms with Gasteiger partial charge in [0.15, 0.2) is 5.69 Å². The molecule has 6 heteroatoms. The van der Waals surface area contributed by atoms with Gasteiger partial charge in [0.1, 0.15) is 17.9 Å². The summed E-state index contributed by atoms with van der Waals surface area (Å²) in [4.78, 5) is 25.2. The highest BCUT2D eigenvalue weighted by molar-refractivity contribution is 5.93. The Morgan fingerprint density at radius 1 is 1.50 bits per heavy atom. The van der Waals surface area contributed by atoms with E-state index in [4.69, 9.17) is 5.11 Å². The lowest BCUT2D eigenvalue weighted by atomic mass is 10.3. The predicted octanol–water partition coefficient (Wildman–Crippen LogP) is 0.479. The van der Waals surface area contributed by atoms with Gasteiger partial charge in [0.25, 0.3) is 0 Å². The van der Waals surface area contributed by atoms with Crippen molar-refractivity contribution >= 4 is 17.8 Å². The molecule has 0 saturated heterocycles. The molecule has 0 aliphatic heterocycles. The Labute approximate surface area is 89.8 Å². The Morgan fingerprint density at radius 2 is 2.25 bits per heavy atom. The van der Waals surface area contributed by atoms with E-state index in [0.717, 1.165) is 0 Å². The first-order chi connectivity index (χ1) is 7.63. The molecular weight excluding hydrogens is 212 g/mol. The van der Waals surface area contributed by atoms with E-state index < -0.39 is 5.97 Å². The molecule has 2 heterocycles. The number of carboxylic acids is 1. The summed E-state index contributed by atoms with van der Waals surface area (Å²) < 4.78 is 1.40. The minimum Gasteiger partial charge on any atom is -0.506 e. The molecule has 0 unspecified atom stereocenters. The van der Waals surface area contributed by atoms with Gasteiger partial charge in [-0.05, 0) is 12.1 Å². The van der Waals surface area contributed by atoms with Crippen LogP contribution < -0.4 is 0 Å². The third-order valence-electron chi connectivity index (χ3n) is 2.16. The lowest BCUT2D eigenvalue weighted by molar-refractivity contribution is -0.107. The highest BCUT2D eigenvalue weighted by Crippen LogP contribution is 2.17. The monoisotopic (exact) mass is 220 g/mol. The van der Waals surface area contributed by atoms with E-state index in [1.165, 1.54) is 22.7 Å². The third-order valence-corrected chi connectivity index (χ3v) is 2.16. The van der Waals surface area contributed by atoms with Gasteiger partial charge in [0, 0.05) is 0 Å². The van der Waals surface area contributed by atoms with Crippen molar-refractivity contribution in [1.29, 1.82) is 0 Å². The molecule has 0 radical (unpaired) electrons. The second-order valence-corrected chi connectivity index (χ2v) is 3.20. The molecule has 0 spiro atoms. The van der Waals surface area contributed by atoms with Crippen molar-refractivity contribution in [3.63, 3.8) is 0 Å². The Hall–Kier alpha value is -2.37. The van der Waals surface area contributed by atoms with E-state index in [-0.39, 0.29) is 17.9 Å². The van der Waals surface area contributed by atoms with E-state index in [1.807, 2.05) is 0 Å². The Bertz CT molecular complexity index is 573. The number of hydrogen-bond acceptors (Lipinski definition) is 4. The molecule has 0 atom stereocenters. The summed E-state index contributed by atoms with van der Waals surface area (Å²) in [6, 6.07) is 2.81. The maximum atomic E-state index is 10.9. The van der Waals surface area contributed by atoms with E-state index in [0.29, 0.717) is 17.6 Å². The first-order valence-corrected chi connectivity index (χ1v) is 4.50. The normalized spacial score (nSPS) is 10.5. The lowest BCUT2D eigenvalue weighted by Gasteiger charge is -1.98. The van der Waals surface area contributed by atoms with Gasteiger partial charge >= 0.3 is 5.97 Å². The maximum absolute atomic E-state index is 10.9. The molecule has 0 bridgehead atoms. The number of pyridine rings is 1. The summed E-state index contributed by atoms with van der Waals surface area (Å²) in [5.74, 6) is -0.896. The summed E-state index contributed by atoms with van der Waals surface area (Å²) in [7, 11) is 0. The van der Waals surface area contributed by atoms with Gasteiger partial charge in [-0.25, -0.2) is 9.78 Å². The fraction of sp³-hybridized carbons (Fsp3) is 0.100. The molecule has 0 aliphatic rings. The van der Waals surface area contributed by atoms with E-state index in [1.54, 1.807) is 0 Å². The van der Waals surface area contributed by atoms with Gasteiger partial charge in [0.2, 0.25) is 0 Å². The fourth-order valence-electron chi connectivity index (χ4n) is 1.51. The van der Waals surface area contributed by atoms with Gasteiger partial charge in [-0.1, -0.05) is 0 Å². The smallest absolute Gasteiger partial charge is 0.356 e. The van der Waals surface area contributed by atoms with Crippen LogP contribution in [0.3, 0.4) is 0 Å². The topological polar surface area (TPSA) is 91.9 Å². The van der Waals surface area contributed by atoms with Crippen molar-refractivity contribution in [3.05, 3.63) is 29.8 Å². The van der Waals surface area contributed by atoms with Gasteiger partial charge in [0.05, 0.1) is 18.1 Å². The van der Waals surface area contributed by atoms with Crippen LogP contribution in [0.5, 0.6) is 5.75 Å². The largest absolute Gasteiger partial charge is 0.506 e. The number of nitrogens with zero attached hydrogens (tertiary/aromatic N) is 2. The van der Waals surface area contributed by atoms with Gasteiger partial charge < -0.3 is 15.0 Å². The third kappa shape index (κ3) is 1.50. The molecule has 2 aromatic rings. The number of aromatic hydroxyl groups is 1. The van der Waals surface area contributed by atoms with Crippen molar-refractivity contribution in [1.82, 2.24) is 9.38 Å². The number of aromatic carboxylic acids is 1. The molecule has 0 aromatic carbocycles. The molecule has 0 saturated carbocycles. The standard InChI is InChI=1S/C10H8N2O4/c13-4-3-8-11-9(10(15)16)7-2-1-6(14)5-12(7)8/h1-2,4-5,14H,3H2,(H,15,16). The zero-order valence-electron chi connectivity index (χ0n) is 8.12. The summed E-state index contributed by atoms with van der Waals surface area (Å²) >= 11 is 0. The predicted molar refractivity (Wildman–Crippen MR) is 53.6 cm³/mol. The van der Waals surface area contributed by atoms with Crippen LogP contribution in [-0.4, -0.2) is 31.9 Å². The average Bonchev–Trinajstić information content (AvgIpc) is 2.58. The molecule has 0 fully saturated rings. The van der Waals surface area contributed by atoms with Crippen LogP contribution in [-0.2, 0) is 11.2 Å². The molecule has 2 rings (SSSR count). The quantitative estimate of drug-likeness (QED) is 0.734. The number of aromatic nitrogens is 2. The molecule has 2 N–H and O–H groups in total. The van der Waals surface area contributed by atoms with Crippen molar-refractivity contribution in [2.45, 2.75) is 6.42 Å². The maximum Gasteiger partial charge on any atom is 0.356 e. The number of fused-ring (bicyclic) bond motifs is 1. The number of aldehydes is 1. The number of hydrogen-bond donors (Lipinski definition) is 2. The summed E-state index contributed by atoms with van der Waals surface area (Å²) in [5, 5.41) is 18.2. The highest BCUT2D eigenvalue weighted by Gasteiger charge is 2.16. The van der Waals surface area contributed by atoms with Crippen LogP contribution in [0.4, 0.5) is 0 Å². The molecule has 6 nitrogen and oxygen atoms in total. The highest BCUT2D eigenvalue weighted by atomic mass is 16.4. The lowest BCUT2D eigenvalue weighted by Crippen LogP contribution is -1.97. The summed E-state index contributed by atoms with van der Waals surface area (Å²) in [5.41, 5.74) is 0.221. The molecule has 2 aromatic heterocycles. The molecular formula is C10H8N2O4. The second kappa shape index (κ2) is 3.65. The summed E-state index contributed by atoms with van der Waals surface area (Å²) in [6.45, 7) is 0. The molecule has 0 amide bonds. The van der Waals surface area contributed by atoms with E-state index in [2.05, 4.69) is 4.98 Å².